The average molecular weight is 243 g/mol. The molecular formula is C11H21N3OS. The number of hydrogen-bond donors (Lipinski definition) is 1. The summed E-state index contributed by atoms with van der Waals surface area (Å²) >= 11 is 1.65. The summed E-state index contributed by atoms with van der Waals surface area (Å²) in [5.74, 6) is 0.601. The fraction of sp³-hybridized carbons (Fsp3) is 0.818. The predicted octanol–water partition coefficient (Wildman–Crippen LogP) is 2.00. The third-order valence-corrected chi connectivity index (χ3v) is 3.36. The SMILES string of the molecule is COCCC(NCc1nnc(C)s1)C(C)C. The topological polar surface area (TPSA) is 47.0 Å². The van der Waals surface area contributed by atoms with E-state index in [0.717, 1.165) is 29.6 Å². The second-order valence-corrected chi connectivity index (χ2v) is 5.49. The van der Waals surface area contributed by atoms with E-state index in [1.165, 1.54) is 0 Å². The van der Waals surface area contributed by atoms with Gasteiger partial charge in [0.2, 0.25) is 0 Å². The van der Waals surface area contributed by atoms with E-state index in [1.54, 1.807) is 18.4 Å². The van der Waals surface area contributed by atoms with Crippen molar-refractivity contribution in [2.75, 3.05) is 13.7 Å². The van der Waals surface area contributed by atoms with Crippen LogP contribution >= 0.6 is 11.3 Å². The van der Waals surface area contributed by atoms with Crippen LogP contribution in [0.5, 0.6) is 0 Å². The lowest BCUT2D eigenvalue weighted by Gasteiger charge is -2.21. The highest BCUT2D eigenvalue weighted by Crippen LogP contribution is 2.11. The van der Waals surface area contributed by atoms with Crippen molar-refractivity contribution in [2.45, 2.75) is 39.8 Å². The van der Waals surface area contributed by atoms with Gasteiger partial charge in [-0.05, 0) is 19.3 Å². The Morgan fingerprint density at radius 2 is 2.12 bits per heavy atom. The van der Waals surface area contributed by atoms with E-state index in [0.29, 0.717) is 12.0 Å². The minimum absolute atomic E-state index is 0.476. The van der Waals surface area contributed by atoms with Crippen molar-refractivity contribution in [3.05, 3.63) is 10.0 Å². The smallest absolute Gasteiger partial charge is 0.131 e. The first-order valence-corrected chi connectivity index (χ1v) is 6.46. The molecule has 1 atom stereocenters. The molecular weight excluding hydrogens is 222 g/mol. The van der Waals surface area contributed by atoms with Crippen molar-refractivity contribution in [1.29, 1.82) is 0 Å². The van der Waals surface area contributed by atoms with Gasteiger partial charge in [0.25, 0.3) is 0 Å². The predicted molar refractivity (Wildman–Crippen MR) is 66.6 cm³/mol. The molecule has 1 rings (SSSR count). The minimum atomic E-state index is 0.476. The maximum Gasteiger partial charge on any atom is 0.131 e. The number of ether oxygens (including phenoxy) is 1. The lowest BCUT2D eigenvalue weighted by atomic mass is 10.0. The van der Waals surface area contributed by atoms with Crippen LogP contribution in [-0.4, -0.2) is 30.0 Å². The summed E-state index contributed by atoms with van der Waals surface area (Å²) in [7, 11) is 1.74. The summed E-state index contributed by atoms with van der Waals surface area (Å²) < 4.78 is 5.11. The van der Waals surface area contributed by atoms with Crippen molar-refractivity contribution in [2.24, 2.45) is 5.92 Å². The van der Waals surface area contributed by atoms with Gasteiger partial charge < -0.3 is 10.1 Å². The van der Waals surface area contributed by atoms with Crippen LogP contribution in [-0.2, 0) is 11.3 Å². The number of hydrogen-bond acceptors (Lipinski definition) is 5. The highest BCUT2D eigenvalue weighted by atomic mass is 32.1. The monoisotopic (exact) mass is 243 g/mol. The molecule has 0 aliphatic heterocycles. The fourth-order valence-corrected chi connectivity index (χ4v) is 2.20. The van der Waals surface area contributed by atoms with Gasteiger partial charge in [0.1, 0.15) is 10.0 Å². The number of nitrogens with zero attached hydrogens (tertiary/aromatic N) is 2. The maximum atomic E-state index is 5.11. The van der Waals surface area contributed by atoms with Gasteiger partial charge in [-0.1, -0.05) is 13.8 Å². The third-order valence-electron chi connectivity index (χ3n) is 2.52. The van der Waals surface area contributed by atoms with Crippen LogP contribution in [0.4, 0.5) is 0 Å². The van der Waals surface area contributed by atoms with Crippen LogP contribution in [0.25, 0.3) is 0 Å². The van der Waals surface area contributed by atoms with Crippen molar-refractivity contribution in [3.8, 4) is 0 Å². The second kappa shape index (κ2) is 6.93. The number of nitrogens with one attached hydrogen (secondary N) is 1. The summed E-state index contributed by atoms with van der Waals surface area (Å²) in [5, 5.41) is 13.7. The molecule has 92 valence electrons. The second-order valence-electron chi connectivity index (χ2n) is 4.23. The van der Waals surface area contributed by atoms with E-state index < -0.39 is 0 Å². The Hall–Kier alpha value is -0.520. The van der Waals surface area contributed by atoms with Crippen LogP contribution in [0.2, 0.25) is 0 Å². The summed E-state index contributed by atoms with van der Waals surface area (Å²) in [6, 6.07) is 0.476. The van der Waals surface area contributed by atoms with Gasteiger partial charge in [-0.3, -0.25) is 0 Å². The Morgan fingerprint density at radius 3 is 2.62 bits per heavy atom. The Balaban J connectivity index is 2.37. The standard InChI is InChI=1S/C11H21N3OS/c1-8(2)10(5-6-15-4)12-7-11-14-13-9(3)16-11/h8,10,12H,5-7H2,1-4H3. The zero-order chi connectivity index (χ0) is 12.0. The number of aryl methyl sites for hydroxylation is 1. The summed E-state index contributed by atoms with van der Waals surface area (Å²) in [4.78, 5) is 0. The van der Waals surface area contributed by atoms with E-state index >= 15 is 0 Å². The molecule has 16 heavy (non-hydrogen) atoms. The van der Waals surface area contributed by atoms with Crippen molar-refractivity contribution in [1.82, 2.24) is 15.5 Å². The molecule has 5 heteroatoms. The summed E-state index contributed by atoms with van der Waals surface area (Å²) in [5.41, 5.74) is 0. The van der Waals surface area contributed by atoms with Crippen LogP contribution in [0.3, 0.4) is 0 Å². The van der Waals surface area contributed by atoms with Gasteiger partial charge >= 0.3 is 0 Å². The molecule has 0 bridgehead atoms. The molecule has 4 nitrogen and oxygen atoms in total. The molecule has 1 aromatic heterocycles. The zero-order valence-electron chi connectivity index (χ0n) is 10.5. The van der Waals surface area contributed by atoms with Crippen LogP contribution in [0.15, 0.2) is 0 Å². The van der Waals surface area contributed by atoms with Gasteiger partial charge in [-0.15, -0.1) is 21.5 Å². The van der Waals surface area contributed by atoms with Gasteiger partial charge in [0, 0.05) is 26.3 Å². The van der Waals surface area contributed by atoms with Crippen molar-refractivity contribution in [3.63, 3.8) is 0 Å². The number of methoxy groups -OCH3 is 1. The number of rotatable bonds is 7. The van der Waals surface area contributed by atoms with Crippen LogP contribution in [0, 0.1) is 12.8 Å². The van der Waals surface area contributed by atoms with Gasteiger partial charge in [-0.2, -0.15) is 0 Å². The first-order valence-electron chi connectivity index (χ1n) is 5.64. The lowest BCUT2D eigenvalue weighted by Crippen LogP contribution is -2.34. The molecule has 0 aliphatic rings. The first kappa shape index (κ1) is 13.5. The van der Waals surface area contributed by atoms with Crippen LogP contribution < -0.4 is 5.32 Å². The summed E-state index contributed by atoms with van der Waals surface area (Å²) in [6.45, 7) is 8.02. The molecule has 0 saturated heterocycles. The molecule has 1 N–H and O–H groups in total. The number of aromatic nitrogens is 2. The van der Waals surface area contributed by atoms with E-state index in [-0.39, 0.29) is 0 Å². The average Bonchev–Trinajstić information content (AvgIpc) is 2.64. The van der Waals surface area contributed by atoms with E-state index in [2.05, 4.69) is 29.4 Å². The van der Waals surface area contributed by atoms with Gasteiger partial charge in [-0.25, -0.2) is 0 Å². The Kier molecular flexibility index (Phi) is 5.87. The van der Waals surface area contributed by atoms with E-state index in [4.69, 9.17) is 4.74 Å². The highest BCUT2D eigenvalue weighted by molar-refractivity contribution is 7.11. The van der Waals surface area contributed by atoms with E-state index in [1.807, 2.05) is 6.92 Å². The molecule has 0 aromatic carbocycles. The molecule has 0 spiro atoms. The highest BCUT2D eigenvalue weighted by Gasteiger charge is 2.13. The minimum Gasteiger partial charge on any atom is -0.385 e. The molecule has 0 aliphatic carbocycles. The zero-order valence-corrected chi connectivity index (χ0v) is 11.3. The Morgan fingerprint density at radius 1 is 1.38 bits per heavy atom. The first-order chi connectivity index (χ1) is 7.63. The Bertz CT molecular complexity index is 301. The normalized spacial score (nSPS) is 13.3. The Labute approximate surface area is 101 Å². The van der Waals surface area contributed by atoms with E-state index in [9.17, 15) is 0 Å². The van der Waals surface area contributed by atoms with Crippen LogP contribution in [0.1, 0.15) is 30.3 Å². The maximum absolute atomic E-state index is 5.11. The van der Waals surface area contributed by atoms with Gasteiger partial charge in [0.05, 0.1) is 0 Å². The largest absolute Gasteiger partial charge is 0.385 e. The summed E-state index contributed by atoms with van der Waals surface area (Å²) in [6.07, 6.45) is 1.03. The van der Waals surface area contributed by atoms with Crippen molar-refractivity contribution >= 4 is 11.3 Å². The molecule has 0 amide bonds. The molecule has 1 aromatic rings. The van der Waals surface area contributed by atoms with Gasteiger partial charge in [0.15, 0.2) is 0 Å². The molecule has 0 fully saturated rings. The molecule has 0 radical (unpaired) electrons. The molecule has 0 saturated carbocycles. The lowest BCUT2D eigenvalue weighted by molar-refractivity contribution is 0.173. The quantitative estimate of drug-likeness (QED) is 0.795. The molecule has 1 heterocycles. The third kappa shape index (κ3) is 4.55. The molecule has 1 unspecified atom stereocenters. The van der Waals surface area contributed by atoms with Crippen molar-refractivity contribution < 1.29 is 4.74 Å². The fourth-order valence-electron chi connectivity index (χ4n) is 1.54.